The topological polar surface area (TPSA) is 47.6 Å². The molecule has 0 unspecified atom stereocenters. The molecule has 2 N–H and O–H groups in total. The number of halogens is 2. The molecule has 0 aromatic heterocycles. The van der Waals surface area contributed by atoms with Crippen LogP contribution in [0.3, 0.4) is 0 Å². The minimum absolute atomic E-state index is 0. The molecular weight excluding hydrogens is 527 g/mol. The molecule has 204 valence electrons. The molecule has 0 saturated carbocycles. The van der Waals surface area contributed by atoms with Crippen LogP contribution in [-0.4, -0.2) is 38.1 Å². The van der Waals surface area contributed by atoms with Crippen molar-refractivity contribution in [3.8, 4) is 0 Å². The number of fused-ring (bicyclic) bond motifs is 2. The van der Waals surface area contributed by atoms with Crippen molar-refractivity contribution in [1.29, 1.82) is 0 Å². The molecule has 1 aliphatic rings. The number of nitrogens with one attached hydrogen (secondary N) is 2. The van der Waals surface area contributed by atoms with Crippen LogP contribution in [0.1, 0.15) is 17.5 Å². The van der Waals surface area contributed by atoms with Gasteiger partial charge in [-0.25, -0.2) is 4.79 Å². The largest absolute Gasteiger partial charge is 0.341 e. The molecule has 0 aliphatic carbocycles. The summed E-state index contributed by atoms with van der Waals surface area (Å²) in [6.07, 6.45) is 3.30. The smallest absolute Gasteiger partial charge is 0.323 e. The SMILES string of the molecule is CN(C)CCCN1c2ccccc2CCc2ccc(Cl)cc21.Cl.O=C(Nc1ccccc1)Nc1ccccc1. The molecule has 0 radical (unpaired) electrons. The van der Waals surface area contributed by atoms with Crippen molar-refractivity contribution in [2.24, 2.45) is 0 Å². The lowest BCUT2D eigenvalue weighted by atomic mass is 10.0. The molecule has 0 atom stereocenters. The van der Waals surface area contributed by atoms with Crippen LogP contribution in [0.15, 0.2) is 103 Å². The van der Waals surface area contributed by atoms with Crippen molar-refractivity contribution in [2.75, 3.05) is 42.7 Å². The number of anilines is 4. The van der Waals surface area contributed by atoms with E-state index in [0.29, 0.717) is 0 Å². The molecule has 1 heterocycles. The zero-order valence-electron chi connectivity index (χ0n) is 22.4. The number of carbonyl (C=O) groups excluding carboxylic acids is 1. The maximum absolute atomic E-state index is 11.6. The van der Waals surface area contributed by atoms with Crippen LogP contribution in [0.5, 0.6) is 0 Å². The fraction of sp³-hybridized carbons (Fsp3) is 0.219. The Balaban J connectivity index is 0.000000220. The Kier molecular flexibility index (Phi) is 11.7. The molecule has 2 amide bonds. The third-order valence-corrected chi connectivity index (χ3v) is 6.57. The number of nitrogens with zero attached hydrogens (tertiary/aromatic N) is 2. The summed E-state index contributed by atoms with van der Waals surface area (Å²) in [6, 6.07) is 33.5. The van der Waals surface area contributed by atoms with Gasteiger partial charge in [0, 0.05) is 34.3 Å². The van der Waals surface area contributed by atoms with Crippen LogP contribution < -0.4 is 15.5 Å². The summed E-state index contributed by atoms with van der Waals surface area (Å²) >= 11 is 6.27. The Morgan fingerprint density at radius 3 is 1.90 bits per heavy atom. The molecule has 39 heavy (non-hydrogen) atoms. The molecule has 0 bridgehead atoms. The van der Waals surface area contributed by atoms with E-state index in [-0.39, 0.29) is 18.4 Å². The highest BCUT2D eigenvalue weighted by Gasteiger charge is 2.20. The van der Waals surface area contributed by atoms with Crippen LogP contribution in [0.4, 0.5) is 27.5 Å². The van der Waals surface area contributed by atoms with E-state index in [1.54, 1.807) is 0 Å². The Hall–Kier alpha value is -3.51. The van der Waals surface area contributed by atoms with Gasteiger partial charge >= 0.3 is 6.03 Å². The lowest BCUT2D eigenvalue weighted by Gasteiger charge is -2.27. The van der Waals surface area contributed by atoms with Gasteiger partial charge < -0.3 is 20.4 Å². The van der Waals surface area contributed by atoms with E-state index in [0.717, 1.165) is 48.7 Å². The molecule has 7 heteroatoms. The second-order valence-corrected chi connectivity index (χ2v) is 9.96. The highest BCUT2D eigenvalue weighted by Crippen LogP contribution is 2.37. The fourth-order valence-corrected chi connectivity index (χ4v) is 4.67. The third kappa shape index (κ3) is 9.03. The summed E-state index contributed by atoms with van der Waals surface area (Å²) in [7, 11) is 4.25. The number of carbonyl (C=O) groups is 1. The van der Waals surface area contributed by atoms with Crippen molar-refractivity contribution >= 4 is 52.8 Å². The van der Waals surface area contributed by atoms with Crippen LogP contribution in [0.25, 0.3) is 0 Å². The normalized spacial score (nSPS) is 11.6. The van der Waals surface area contributed by atoms with Crippen LogP contribution in [0, 0.1) is 0 Å². The van der Waals surface area contributed by atoms with E-state index in [2.05, 4.69) is 70.9 Å². The fourth-order valence-electron chi connectivity index (χ4n) is 4.51. The Morgan fingerprint density at radius 2 is 1.31 bits per heavy atom. The molecule has 0 spiro atoms. The van der Waals surface area contributed by atoms with Gasteiger partial charge in [-0.05, 0) is 93.5 Å². The lowest BCUT2D eigenvalue weighted by Crippen LogP contribution is -2.24. The van der Waals surface area contributed by atoms with E-state index in [1.807, 2.05) is 66.7 Å². The van der Waals surface area contributed by atoms with E-state index in [4.69, 9.17) is 11.6 Å². The second-order valence-electron chi connectivity index (χ2n) is 9.52. The van der Waals surface area contributed by atoms with Gasteiger partial charge in [0.15, 0.2) is 0 Å². The van der Waals surface area contributed by atoms with E-state index < -0.39 is 0 Å². The van der Waals surface area contributed by atoms with E-state index in [1.165, 1.54) is 22.5 Å². The number of amides is 2. The number of hydrogen-bond donors (Lipinski definition) is 2. The van der Waals surface area contributed by atoms with Crippen molar-refractivity contribution in [1.82, 2.24) is 4.90 Å². The monoisotopic (exact) mass is 562 g/mol. The first-order valence-corrected chi connectivity index (χ1v) is 13.3. The molecule has 0 saturated heterocycles. The number of rotatable bonds is 6. The molecular formula is C32H36Cl2N4O. The number of benzene rings is 4. The number of hydrogen-bond acceptors (Lipinski definition) is 3. The van der Waals surface area contributed by atoms with Crippen LogP contribution in [-0.2, 0) is 12.8 Å². The maximum Gasteiger partial charge on any atom is 0.323 e. The predicted molar refractivity (Wildman–Crippen MR) is 168 cm³/mol. The average Bonchev–Trinajstić information content (AvgIpc) is 3.07. The van der Waals surface area contributed by atoms with E-state index in [9.17, 15) is 4.79 Å². The number of urea groups is 1. The third-order valence-electron chi connectivity index (χ3n) is 6.33. The summed E-state index contributed by atoms with van der Waals surface area (Å²) < 4.78 is 0. The first kappa shape index (κ1) is 30.0. The quantitative estimate of drug-likeness (QED) is 0.248. The highest BCUT2D eigenvalue weighted by atomic mass is 35.5. The summed E-state index contributed by atoms with van der Waals surface area (Å²) in [5, 5.41) is 6.30. The zero-order valence-corrected chi connectivity index (χ0v) is 24.0. The zero-order chi connectivity index (χ0) is 26.7. The van der Waals surface area contributed by atoms with Crippen LogP contribution >= 0.6 is 24.0 Å². The van der Waals surface area contributed by atoms with Gasteiger partial charge in [-0.1, -0.05) is 72.3 Å². The Labute approximate surface area is 243 Å². The highest BCUT2D eigenvalue weighted by molar-refractivity contribution is 6.30. The van der Waals surface area contributed by atoms with Gasteiger partial charge in [0.2, 0.25) is 0 Å². The molecule has 4 aromatic carbocycles. The molecule has 0 fully saturated rings. The average molecular weight is 564 g/mol. The first-order chi connectivity index (χ1) is 18.5. The predicted octanol–water partition coefficient (Wildman–Crippen LogP) is 8.28. The van der Waals surface area contributed by atoms with Gasteiger partial charge in [-0.15, -0.1) is 12.4 Å². The molecule has 1 aliphatic heterocycles. The Bertz CT molecular complexity index is 1270. The van der Waals surface area contributed by atoms with Gasteiger partial charge in [-0.3, -0.25) is 0 Å². The molecule has 5 rings (SSSR count). The standard InChI is InChI=1S/C19H23ClN2.C13H12N2O.ClH/c1-21(2)12-5-13-22-18-7-4-3-6-15(18)8-9-16-10-11-17(20)14-19(16)22;16-13(14-11-7-3-1-4-8-11)15-12-9-5-2-6-10-12;/h3-4,6-7,10-11,14H,5,8-9,12-13H2,1-2H3;1-10H,(H2,14,15,16);1H. The molecule has 5 nitrogen and oxygen atoms in total. The van der Waals surface area contributed by atoms with Crippen LogP contribution in [0.2, 0.25) is 5.02 Å². The minimum atomic E-state index is -0.239. The number of aryl methyl sites for hydroxylation is 2. The first-order valence-electron chi connectivity index (χ1n) is 13.0. The summed E-state index contributed by atoms with van der Waals surface area (Å²) in [5.41, 5.74) is 6.98. The molecule has 4 aromatic rings. The van der Waals surface area contributed by atoms with Gasteiger partial charge in [0.05, 0.1) is 0 Å². The lowest BCUT2D eigenvalue weighted by molar-refractivity contribution is 0.262. The van der Waals surface area contributed by atoms with Gasteiger partial charge in [-0.2, -0.15) is 0 Å². The van der Waals surface area contributed by atoms with Gasteiger partial charge in [0.1, 0.15) is 0 Å². The Morgan fingerprint density at radius 1 is 0.769 bits per heavy atom. The summed E-state index contributed by atoms with van der Waals surface area (Å²) in [6.45, 7) is 2.11. The summed E-state index contributed by atoms with van der Waals surface area (Å²) in [5.74, 6) is 0. The summed E-state index contributed by atoms with van der Waals surface area (Å²) in [4.78, 5) is 16.2. The van der Waals surface area contributed by atoms with Crippen molar-refractivity contribution in [3.05, 3.63) is 119 Å². The van der Waals surface area contributed by atoms with Crippen molar-refractivity contribution < 1.29 is 4.79 Å². The van der Waals surface area contributed by atoms with E-state index >= 15 is 0 Å². The minimum Gasteiger partial charge on any atom is -0.341 e. The van der Waals surface area contributed by atoms with Crippen molar-refractivity contribution in [2.45, 2.75) is 19.3 Å². The maximum atomic E-state index is 11.6. The van der Waals surface area contributed by atoms with Crippen molar-refractivity contribution in [3.63, 3.8) is 0 Å². The second kappa shape index (κ2) is 15.2. The van der Waals surface area contributed by atoms with Gasteiger partial charge in [0.25, 0.3) is 0 Å². The number of para-hydroxylation sites is 3.